The third kappa shape index (κ3) is 1.83. The van der Waals surface area contributed by atoms with Crippen LogP contribution in [0.4, 0.5) is 0 Å². The van der Waals surface area contributed by atoms with Crippen molar-refractivity contribution in [2.75, 3.05) is 0 Å². The topological polar surface area (TPSA) is 50.4 Å². The Morgan fingerprint density at radius 3 is 2.25 bits per heavy atom. The van der Waals surface area contributed by atoms with E-state index < -0.39 is 5.97 Å². The van der Waals surface area contributed by atoms with Crippen molar-refractivity contribution in [2.45, 2.75) is 38.5 Å². The molecule has 0 saturated heterocycles. The van der Waals surface area contributed by atoms with Gasteiger partial charge in [0, 0.05) is 17.1 Å². The average molecular weight is 272 g/mol. The van der Waals surface area contributed by atoms with Gasteiger partial charge in [0.15, 0.2) is 0 Å². The molecule has 106 valence electrons. The van der Waals surface area contributed by atoms with E-state index in [-0.39, 0.29) is 5.41 Å². The maximum atomic E-state index is 11.3. The fourth-order valence-electron chi connectivity index (χ4n) is 5.48. The van der Waals surface area contributed by atoms with Crippen LogP contribution in [0.2, 0.25) is 0 Å². The minimum atomic E-state index is -0.854. The second-order valence-corrected chi connectivity index (χ2v) is 7.07. The van der Waals surface area contributed by atoms with E-state index in [1.807, 2.05) is 12.1 Å². The number of hydrogen-bond acceptors (Lipinski definition) is 2. The number of carboxylic acid groups (broad SMARTS) is 1. The first-order valence-electron chi connectivity index (χ1n) is 7.64. The van der Waals surface area contributed by atoms with Gasteiger partial charge in [0.25, 0.3) is 0 Å². The summed E-state index contributed by atoms with van der Waals surface area (Å²) in [5.74, 6) is 2.30. The van der Waals surface area contributed by atoms with E-state index in [9.17, 15) is 9.90 Å². The van der Waals surface area contributed by atoms with Crippen molar-refractivity contribution >= 4 is 11.5 Å². The number of aliphatic carboxylic acids is 1. The smallest absolute Gasteiger partial charge is 0.328 e. The second kappa shape index (κ2) is 4.24. The molecule has 3 heteroatoms. The standard InChI is InChI=1S/C17H20O3/c18-16(19)7-14(15-2-1-3-20-15)17-8-11-4-12(9-17)6-13(5-11)10-17/h1-3,7,11-13H,4-6,8-10H2,(H,18,19)/b14-7+. The normalized spacial score (nSPS) is 39.2. The minimum absolute atomic E-state index is 0.0605. The first-order chi connectivity index (χ1) is 9.64. The van der Waals surface area contributed by atoms with Gasteiger partial charge in [-0.3, -0.25) is 0 Å². The number of rotatable bonds is 3. The summed E-state index contributed by atoms with van der Waals surface area (Å²) in [6, 6.07) is 3.76. The molecule has 0 aromatic carbocycles. The lowest BCUT2D eigenvalue weighted by atomic mass is 9.47. The van der Waals surface area contributed by atoms with Crippen molar-refractivity contribution in [1.29, 1.82) is 0 Å². The van der Waals surface area contributed by atoms with Crippen LogP contribution in [0.5, 0.6) is 0 Å². The first kappa shape index (κ1) is 12.2. The summed E-state index contributed by atoms with van der Waals surface area (Å²) < 4.78 is 5.55. The van der Waals surface area contributed by atoms with Gasteiger partial charge in [-0.2, -0.15) is 0 Å². The van der Waals surface area contributed by atoms with Crippen LogP contribution in [-0.2, 0) is 4.79 Å². The zero-order chi connectivity index (χ0) is 13.7. The lowest BCUT2D eigenvalue weighted by molar-refractivity contribution is -0.131. The van der Waals surface area contributed by atoms with Gasteiger partial charge in [-0.1, -0.05) is 0 Å². The molecular weight excluding hydrogens is 252 g/mol. The van der Waals surface area contributed by atoms with E-state index in [0.29, 0.717) is 0 Å². The fourth-order valence-corrected chi connectivity index (χ4v) is 5.48. The lowest BCUT2D eigenvalue weighted by Crippen LogP contribution is -2.46. The summed E-state index contributed by atoms with van der Waals surface area (Å²) in [7, 11) is 0. The van der Waals surface area contributed by atoms with E-state index in [1.165, 1.54) is 25.3 Å². The predicted molar refractivity (Wildman–Crippen MR) is 74.9 cm³/mol. The monoisotopic (exact) mass is 272 g/mol. The van der Waals surface area contributed by atoms with Crippen molar-refractivity contribution in [1.82, 2.24) is 0 Å². The van der Waals surface area contributed by atoms with Crippen molar-refractivity contribution < 1.29 is 14.3 Å². The highest BCUT2D eigenvalue weighted by Crippen LogP contribution is 2.64. The van der Waals surface area contributed by atoms with Crippen LogP contribution in [0.25, 0.3) is 5.57 Å². The summed E-state index contributed by atoms with van der Waals surface area (Å²) in [4.78, 5) is 11.3. The Morgan fingerprint density at radius 1 is 1.20 bits per heavy atom. The molecule has 4 fully saturated rings. The SMILES string of the molecule is O=C(O)/C=C(\c1ccco1)C12CC3CC(CC(C3)C1)C2. The van der Waals surface area contributed by atoms with Gasteiger partial charge < -0.3 is 9.52 Å². The van der Waals surface area contributed by atoms with Gasteiger partial charge >= 0.3 is 5.97 Å². The number of furan rings is 1. The number of allylic oxidation sites excluding steroid dienone is 1. The first-order valence-corrected chi connectivity index (χ1v) is 7.64. The van der Waals surface area contributed by atoms with Gasteiger partial charge in [-0.15, -0.1) is 0 Å². The molecule has 4 aliphatic rings. The molecule has 20 heavy (non-hydrogen) atoms. The third-order valence-electron chi connectivity index (χ3n) is 5.66. The molecule has 0 amide bonds. The molecule has 1 heterocycles. The van der Waals surface area contributed by atoms with Gasteiger partial charge in [0.05, 0.1) is 6.26 Å². The highest BCUT2D eigenvalue weighted by atomic mass is 16.4. The molecule has 1 aromatic rings. The van der Waals surface area contributed by atoms with Crippen molar-refractivity contribution in [2.24, 2.45) is 23.2 Å². The van der Waals surface area contributed by atoms with Crippen LogP contribution in [-0.4, -0.2) is 11.1 Å². The Balaban J connectivity index is 1.78. The fraction of sp³-hybridized carbons (Fsp3) is 0.588. The summed E-state index contributed by atoms with van der Waals surface area (Å²) in [6.45, 7) is 0. The number of carboxylic acids is 1. The van der Waals surface area contributed by atoms with Crippen LogP contribution in [0.3, 0.4) is 0 Å². The average Bonchev–Trinajstić information content (AvgIpc) is 2.87. The Morgan fingerprint density at radius 2 is 1.80 bits per heavy atom. The van der Waals surface area contributed by atoms with Crippen molar-refractivity contribution in [3.63, 3.8) is 0 Å². The molecule has 1 aromatic heterocycles. The molecule has 1 N–H and O–H groups in total. The Hall–Kier alpha value is -1.51. The van der Waals surface area contributed by atoms with Crippen LogP contribution in [0, 0.1) is 23.2 Å². The van der Waals surface area contributed by atoms with Crippen LogP contribution in [0.1, 0.15) is 44.3 Å². The molecule has 4 saturated carbocycles. The predicted octanol–water partition coefficient (Wildman–Crippen LogP) is 3.96. The quantitative estimate of drug-likeness (QED) is 0.847. The molecule has 0 spiro atoms. The van der Waals surface area contributed by atoms with E-state index in [1.54, 1.807) is 6.26 Å². The van der Waals surface area contributed by atoms with Crippen LogP contribution < -0.4 is 0 Å². The maximum Gasteiger partial charge on any atom is 0.328 e. The zero-order valence-electron chi connectivity index (χ0n) is 11.5. The molecule has 0 atom stereocenters. The van der Waals surface area contributed by atoms with E-state index >= 15 is 0 Å². The molecule has 0 unspecified atom stereocenters. The van der Waals surface area contributed by atoms with E-state index in [2.05, 4.69) is 0 Å². The molecular formula is C17H20O3. The van der Waals surface area contributed by atoms with Gasteiger partial charge in [-0.05, 0) is 68.4 Å². The molecule has 0 radical (unpaired) electrons. The van der Waals surface area contributed by atoms with Crippen molar-refractivity contribution in [3.8, 4) is 0 Å². The molecule has 5 rings (SSSR count). The van der Waals surface area contributed by atoms with Gasteiger partial charge in [-0.25, -0.2) is 4.79 Å². The largest absolute Gasteiger partial charge is 0.478 e. The minimum Gasteiger partial charge on any atom is -0.478 e. The molecule has 4 aliphatic carbocycles. The van der Waals surface area contributed by atoms with Gasteiger partial charge in [0.2, 0.25) is 0 Å². The summed E-state index contributed by atoms with van der Waals surface area (Å²) >= 11 is 0. The maximum absolute atomic E-state index is 11.3. The summed E-state index contributed by atoms with van der Waals surface area (Å²) in [5, 5.41) is 9.27. The molecule has 3 nitrogen and oxygen atoms in total. The van der Waals surface area contributed by atoms with E-state index in [4.69, 9.17) is 4.42 Å². The summed E-state index contributed by atoms with van der Waals surface area (Å²) in [6.07, 6.45) is 10.6. The zero-order valence-corrected chi connectivity index (χ0v) is 11.5. The third-order valence-corrected chi connectivity index (χ3v) is 5.66. The molecule has 0 aliphatic heterocycles. The number of carbonyl (C=O) groups is 1. The van der Waals surface area contributed by atoms with Crippen molar-refractivity contribution in [3.05, 3.63) is 30.2 Å². The van der Waals surface area contributed by atoms with E-state index in [0.717, 1.165) is 48.3 Å². The van der Waals surface area contributed by atoms with Crippen LogP contribution in [0.15, 0.2) is 28.9 Å². The Bertz CT molecular complexity index is 518. The lowest BCUT2D eigenvalue weighted by Gasteiger charge is -2.57. The second-order valence-electron chi connectivity index (χ2n) is 7.07. The van der Waals surface area contributed by atoms with Crippen LogP contribution >= 0.6 is 0 Å². The number of hydrogen-bond donors (Lipinski definition) is 1. The Kier molecular flexibility index (Phi) is 2.60. The Labute approximate surface area is 118 Å². The highest BCUT2D eigenvalue weighted by Gasteiger charge is 2.53. The molecule has 4 bridgehead atoms. The highest BCUT2D eigenvalue weighted by molar-refractivity contribution is 5.90. The summed E-state index contributed by atoms with van der Waals surface area (Å²) in [5.41, 5.74) is 0.999. The van der Waals surface area contributed by atoms with Gasteiger partial charge in [0.1, 0.15) is 5.76 Å².